The highest BCUT2D eigenvalue weighted by Gasteiger charge is 2.23. The van der Waals surface area contributed by atoms with Crippen LogP contribution in [-0.4, -0.2) is 70.8 Å². The maximum absolute atomic E-state index is 12.0. The number of aromatic nitrogens is 2. The molecule has 32 heavy (non-hydrogen) atoms. The van der Waals surface area contributed by atoms with Gasteiger partial charge in [0.05, 0.1) is 0 Å². The summed E-state index contributed by atoms with van der Waals surface area (Å²) < 4.78 is 4.41. The van der Waals surface area contributed by atoms with E-state index in [4.69, 9.17) is 0 Å². The Morgan fingerprint density at radius 2 is 1.91 bits per heavy atom. The number of hydrogen-bond acceptors (Lipinski definition) is 6. The molecule has 174 valence electrons. The SMILES string of the molecule is CCc1nsc(N2CCN(C(=NC)NCc3ccccc3CN3CCCC3=O)CC2)n1.I. The Labute approximate surface area is 211 Å². The molecular weight excluding hydrogens is 537 g/mol. The van der Waals surface area contributed by atoms with E-state index in [9.17, 15) is 4.79 Å². The van der Waals surface area contributed by atoms with Crippen LogP contribution in [0, 0.1) is 0 Å². The van der Waals surface area contributed by atoms with Gasteiger partial charge in [-0.3, -0.25) is 9.79 Å². The Balaban J connectivity index is 0.00000289. The highest BCUT2D eigenvalue weighted by atomic mass is 127. The van der Waals surface area contributed by atoms with Crippen LogP contribution in [0.15, 0.2) is 29.3 Å². The molecule has 1 amide bonds. The number of carbonyl (C=O) groups excluding carboxylic acids is 1. The number of guanidine groups is 1. The molecule has 1 aromatic carbocycles. The minimum absolute atomic E-state index is 0. The number of aryl methyl sites for hydroxylation is 1. The van der Waals surface area contributed by atoms with Crippen LogP contribution >= 0.6 is 35.5 Å². The number of halogens is 1. The summed E-state index contributed by atoms with van der Waals surface area (Å²) in [7, 11) is 1.84. The van der Waals surface area contributed by atoms with Gasteiger partial charge in [0.2, 0.25) is 11.0 Å². The normalized spacial score (nSPS) is 17.0. The standard InChI is InChI=1S/C22H31N7OS.HI/c1-3-19-25-22(31-26-19)28-13-11-27(12-14-28)21(23-2)24-15-17-7-4-5-8-18(17)16-29-10-6-9-20(29)30;/h4-5,7-8H,3,6,9-16H2,1-2H3,(H,23,24);1H. The maximum Gasteiger partial charge on any atom is 0.222 e. The van der Waals surface area contributed by atoms with Gasteiger partial charge in [0.15, 0.2) is 5.96 Å². The number of carbonyl (C=O) groups is 1. The van der Waals surface area contributed by atoms with Gasteiger partial charge in [0.1, 0.15) is 5.82 Å². The van der Waals surface area contributed by atoms with Gasteiger partial charge in [-0.1, -0.05) is 31.2 Å². The fourth-order valence-corrected chi connectivity index (χ4v) is 4.90. The van der Waals surface area contributed by atoms with Crippen molar-refractivity contribution in [3.63, 3.8) is 0 Å². The summed E-state index contributed by atoms with van der Waals surface area (Å²) in [5.74, 6) is 2.10. The minimum atomic E-state index is 0. The van der Waals surface area contributed by atoms with Gasteiger partial charge in [0, 0.05) is 77.2 Å². The average molecular weight is 570 g/mol. The second-order valence-electron chi connectivity index (χ2n) is 7.91. The number of benzene rings is 1. The van der Waals surface area contributed by atoms with Crippen molar-refractivity contribution in [2.24, 2.45) is 4.99 Å². The molecule has 1 N–H and O–H groups in total. The molecular formula is C22H32IN7OS. The Morgan fingerprint density at radius 1 is 1.16 bits per heavy atom. The van der Waals surface area contributed by atoms with Crippen molar-refractivity contribution in [3.8, 4) is 0 Å². The highest BCUT2D eigenvalue weighted by Crippen LogP contribution is 2.20. The molecule has 0 radical (unpaired) electrons. The monoisotopic (exact) mass is 569 g/mol. The van der Waals surface area contributed by atoms with Crippen molar-refractivity contribution in [1.82, 2.24) is 24.5 Å². The van der Waals surface area contributed by atoms with Crippen LogP contribution < -0.4 is 10.2 Å². The molecule has 4 rings (SSSR count). The number of likely N-dealkylation sites (tertiary alicyclic amines) is 1. The summed E-state index contributed by atoms with van der Waals surface area (Å²) in [4.78, 5) is 27.7. The van der Waals surface area contributed by atoms with Crippen LogP contribution in [0.4, 0.5) is 5.13 Å². The summed E-state index contributed by atoms with van der Waals surface area (Å²) in [6.07, 6.45) is 2.52. The van der Waals surface area contributed by atoms with E-state index >= 15 is 0 Å². The molecule has 8 nitrogen and oxygen atoms in total. The van der Waals surface area contributed by atoms with E-state index in [2.05, 4.69) is 54.6 Å². The van der Waals surface area contributed by atoms with Crippen molar-refractivity contribution in [2.45, 2.75) is 39.3 Å². The smallest absolute Gasteiger partial charge is 0.222 e. The van der Waals surface area contributed by atoms with E-state index in [0.29, 0.717) is 19.5 Å². The molecule has 0 aliphatic carbocycles. The van der Waals surface area contributed by atoms with E-state index in [1.54, 1.807) is 0 Å². The summed E-state index contributed by atoms with van der Waals surface area (Å²) >= 11 is 1.49. The lowest BCUT2D eigenvalue weighted by molar-refractivity contribution is -0.128. The number of aliphatic imine (C=N–C) groups is 1. The zero-order valence-corrected chi connectivity index (χ0v) is 21.9. The Bertz CT molecular complexity index is 927. The van der Waals surface area contributed by atoms with Crippen molar-refractivity contribution < 1.29 is 4.79 Å². The molecule has 2 aliphatic heterocycles. The second kappa shape index (κ2) is 11.8. The van der Waals surface area contributed by atoms with Crippen molar-refractivity contribution in [2.75, 3.05) is 44.7 Å². The third-order valence-corrected chi connectivity index (χ3v) is 6.74. The molecule has 2 fully saturated rings. The van der Waals surface area contributed by atoms with Gasteiger partial charge in [-0.25, -0.2) is 4.98 Å². The summed E-state index contributed by atoms with van der Waals surface area (Å²) in [6, 6.07) is 8.36. The lowest BCUT2D eigenvalue weighted by Crippen LogP contribution is -2.52. The zero-order chi connectivity index (χ0) is 21.6. The summed E-state index contributed by atoms with van der Waals surface area (Å²) in [6.45, 7) is 7.94. The van der Waals surface area contributed by atoms with E-state index in [-0.39, 0.29) is 29.9 Å². The maximum atomic E-state index is 12.0. The van der Waals surface area contributed by atoms with Gasteiger partial charge < -0.3 is 20.0 Å². The van der Waals surface area contributed by atoms with Gasteiger partial charge >= 0.3 is 0 Å². The van der Waals surface area contributed by atoms with Crippen molar-refractivity contribution in [3.05, 3.63) is 41.2 Å². The first-order valence-electron chi connectivity index (χ1n) is 11.1. The molecule has 2 saturated heterocycles. The van der Waals surface area contributed by atoms with Crippen LogP contribution in [-0.2, 0) is 24.3 Å². The molecule has 2 aliphatic rings. The summed E-state index contributed by atoms with van der Waals surface area (Å²) in [5, 5.41) is 4.55. The molecule has 2 aromatic rings. The third kappa shape index (κ3) is 5.89. The first-order valence-corrected chi connectivity index (χ1v) is 11.8. The average Bonchev–Trinajstić information content (AvgIpc) is 3.45. The first kappa shape index (κ1) is 24.7. The predicted octanol–water partition coefficient (Wildman–Crippen LogP) is 2.74. The number of nitrogens with one attached hydrogen (secondary N) is 1. The zero-order valence-electron chi connectivity index (χ0n) is 18.8. The molecule has 0 atom stereocenters. The minimum Gasteiger partial charge on any atom is -0.352 e. The largest absolute Gasteiger partial charge is 0.352 e. The van der Waals surface area contributed by atoms with E-state index < -0.39 is 0 Å². The van der Waals surface area contributed by atoms with Crippen LogP contribution in [0.2, 0.25) is 0 Å². The molecule has 0 saturated carbocycles. The number of rotatable bonds is 6. The Morgan fingerprint density at radius 3 is 2.53 bits per heavy atom. The van der Waals surface area contributed by atoms with E-state index in [1.807, 2.05) is 18.0 Å². The summed E-state index contributed by atoms with van der Waals surface area (Å²) in [5.41, 5.74) is 2.41. The third-order valence-electron chi connectivity index (χ3n) is 5.92. The lowest BCUT2D eigenvalue weighted by atomic mass is 10.1. The topological polar surface area (TPSA) is 77.0 Å². The Hall–Kier alpha value is -1.95. The molecule has 0 spiro atoms. The number of piperazine rings is 1. The van der Waals surface area contributed by atoms with Gasteiger partial charge in [-0.15, -0.1) is 24.0 Å². The molecule has 3 heterocycles. The number of anilines is 1. The molecule has 0 bridgehead atoms. The lowest BCUT2D eigenvalue weighted by Gasteiger charge is -2.36. The number of amides is 1. The van der Waals surface area contributed by atoms with E-state index in [1.165, 1.54) is 22.7 Å². The van der Waals surface area contributed by atoms with Crippen molar-refractivity contribution in [1.29, 1.82) is 0 Å². The van der Waals surface area contributed by atoms with Crippen LogP contribution in [0.1, 0.15) is 36.7 Å². The van der Waals surface area contributed by atoms with Crippen LogP contribution in [0.5, 0.6) is 0 Å². The molecule has 10 heteroatoms. The number of hydrogen-bond donors (Lipinski definition) is 1. The highest BCUT2D eigenvalue weighted by molar-refractivity contribution is 14.0. The molecule has 0 unspecified atom stereocenters. The molecule has 1 aromatic heterocycles. The first-order chi connectivity index (χ1) is 15.2. The Kier molecular flexibility index (Phi) is 9.09. The quantitative estimate of drug-likeness (QED) is 0.328. The predicted molar refractivity (Wildman–Crippen MR) is 140 cm³/mol. The van der Waals surface area contributed by atoms with Crippen LogP contribution in [0.3, 0.4) is 0 Å². The van der Waals surface area contributed by atoms with Crippen molar-refractivity contribution >= 4 is 52.5 Å². The van der Waals surface area contributed by atoms with Crippen LogP contribution in [0.25, 0.3) is 0 Å². The fraction of sp³-hybridized carbons (Fsp3) is 0.545. The van der Waals surface area contributed by atoms with Gasteiger partial charge in [0.25, 0.3) is 0 Å². The van der Waals surface area contributed by atoms with Gasteiger partial charge in [-0.2, -0.15) is 4.37 Å². The number of nitrogens with zero attached hydrogens (tertiary/aromatic N) is 6. The fourth-order valence-electron chi connectivity index (χ4n) is 4.09. The van der Waals surface area contributed by atoms with Gasteiger partial charge in [-0.05, 0) is 17.5 Å². The van der Waals surface area contributed by atoms with E-state index in [0.717, 1.165) is 62.5 Å². The second-order valence-corrected chi connectivity index (χ2v) is 8.64.